The molecule has 0 spiro atoms. The number of aliphatic imine (C=N–C) groups is 1. The van der Waals surface area contributed by atoms with E-state index in [2.05, 4.69) is 34.0 Å². The number of nitrogens with zero attached hydrogens (tertiary/aromatic N) is 1. The van der Waals surface area contributed by atoms with Crippen molar-refractivity contribution in [2.24, 2.45) is 4.99 Å². The molecule has 5 nitrogen and oxygen atoms in total. The lowest BCUT2D eigenvalue weighted by Crippen LogP contribution is -2.38. The number of para-hydroxylation sites is 1. The molecule has 0 saturated carbocycles. The van der Waals surface area contributed by atoms with Gasteiger partial charge in [0.25, 0.3) is 0 Å². The van der Waals surface area contributed by atoms with Crippen LogP contribution in [0.4, 0.5) is 0 Å². The van der Waals surface area contributed by atoms with Crippen LogP contribution in [-0.4, -0.2) is 24.7 Å². The summed E-state index contributed by atoms with van der Waals surface area (Å²) < 4.78 is 5.13. The van der Waals surface area contributed by atoms with E-state index in [1.165, 1.54) is 12.0 Å². The van der Waals surface area contributed by atoms with Gasteiger partial charge in [-0.25, -0.2) is 4.99 Å². The van der Waals surface area contributed by atoms with Gasteiger partial charge in [-0.3, -0.25) is 0 Å². The van der Waals surface area contributed by atoms with Gasteiger partial charge in [0.2, 0.25) is 0 Å². The second-order valence-corrected chi connectivity index (χ2v) is 6.02. The number of hydrogen-bond donors (Lipinski definition) is 3. The Kier molecular flexibility index (Phi) is 8.91. The zero-order chi connectivity index (χ0) is 16.7. The highest BCUT2D eigenvalue weighted by atomic mass is 127. The first-order valence-electron chi connectivity index (χ1n) is 7.58. The van der Waals surface area contributed by atoms with Crippen LogP contribution in [0.5, 0.6) is 11.5 Å². The summed E-state index contributed by atoms with van der Waals surface area (Å²) >= 11 is 1.71. The molecule has 0 fully saturated rings. The lowest BCUT2D eigenvalue weighted by molar-refractivity contribution is 0.370. The predicted octanol–water partition coefficient (Wildman–Crippen LogP) is 3.90. The number of nitrogens with one attached hydrogen (secondary N) is 2. The van der Waals surface area contributed by atoms with Crippen LogP contribution < -0.4 is 15.4 Å². The number of ether oxygens (including phenoxy) is 1. The number of hydrogen-bond acceptors (Lipinski definition) is 4. The van der Waals surface area contributed by atoms with Crippen LogP contribution in [0.25, 0.3) is 0 Å². The van der Waals surface area contributed by atoms with Gasteiger partial charge in [0.05, 0.1) is 19.7 Å². The number of methoxy groups -OCH3 is 1. The number of guanidine groups is 1. The molecule has 1 aromatic heterocycles. The molecule has 1 heterocycles. The average molecular weight is 461 g/mol. The zero-order valence-corrected chi connectivity index (χ0v) is 17.2. The van der Waals surface area contributed by atoms with Crippen molar-refractivity contribution >= 4 is 41.3 Å². The molecule has 1 atom stereocenters. The Morgan fingerprint density at radius 1 is 1.33 bits per heavy atom. The topological polar surface area (TPSA) is 65.9 Å². The minimum Gasteiger partial charge on any atom is -0.504 e. The Hall–Kier alpha value is -1.48. The third kappa shape index (κ3) is 5.55. The normalized spacial score (nSPS) is 12.2. The minimum absolute atomic E-state index is 0. The summed E-state index contributed by atoms with van der Waals surface area (Å²) in [6, 6.07) is 9.72. The highest BCUT2D eigenvalue weighted by Gasteiger charge is 2.10. The van der Waals surface area contributed by atoms with Crippen LogP contribution in [0.3, 0.4) is 0 Å². The molecule has 0 amide bonds. The molecular weight excluding hydrogens is 437 g/mol. The molecule has 24 heavy (non-hydrogen) atoms. The van der Waals surface area contributed by atoms with Gasteiger partial charge in [-0.1, -0.05) is 18.2 Å². The smallest absolute Gasteiger partial charge is 0.192 e. The summed E-state index contributed by atoms with van der Waals surface area (Å²) in [6.45, 7) is 5.26. The molecule has 2 rings (SSSR count). The van der Waals surface area contributed by atoms with Crippen molar-refractivity contribution in [2.45, 2.75) is 26.4 Å². The second-order valence-electron chi connectivity index (χ2n) is 5.04. The third-order valence-corrected chi connectivity index (χ3v) is 4.43. The van der Waals surface area contributed by atoms with E-state index in [-0.39, 0.29) is 35.8 Å². The summed E-state index contributed by atoms with van der Waals surface area (Å²) in [7, 11) is 1.54. The molecule has 132 valence electrons. The van der Waals surface area contributed by atoms with Crippen LogP contribution in [0.2, 0.25) is 0 Å². The highest BCUT2D eigenvalue weighted by Crippen LogP contribution is 2.29. The maximum atomic E-state index is 10.1. The average Bonchev–Trinajstić information content (AvgIpc) is 3.08. The zero-order valence-electron chi connectivity index (χ0n) is 14.1. The van der Waals surface area contributed by atoms with E-state index in [1.54, 1.807) is 17.4 Å². The quantitative estimate of drug-likeness (QED) is 0.347. The fourth-order valence-electron chi connectivity index (χ4n) is 2.16. The van der Waals surface area contributed by atoms with Gasteiger partial charge in [0.1, 0.15) is 0 Å². The van der Waals surface area contributed by atoms with Crippen LogP contribution in [0.1, 0.15) is 30.3 Å². The van der Waals surface area contributed by atoms with E-state index in [9.17, 15) is 5.11 Å². The molecule has 0 saturated heterocycles. The van der Waals surface area contributed by atoms with Gasteiger partial charge in [-0.15, -0.1) is 35.3 Å². The summed E-state index contributed by atoms with van der Waals surface area (Å²) in [5, 5.41) is 18.8. The van der Waals surface area contributed by atoms with Gasteiger partial charge in [-0.05, 0) is 31.4 Å². The van der Waals surface area contributed by atoms with Crippen molar-refractivity contribution in [3.05, 3.63) is 46.2 Å². The molecule has 1 aromatic carbocycles. The van der Waals surface area contributed by atoms with Crippen molar-refractivity contribution in [1.29, 1.82) is 0 Å². The van der Waals surface area contributed by atoms with E-state index < -0.39 is 0 Å². The van der Waals surface area contributed by atoms with E-state index in [0.717, 1.165) is 18.1 Å². The van der Waals surface area contributed by atoms with Crippen LogP contribution >= 0.6 is 35.3 Å². The SMILES string of the molecule is CCNC(=NCc1cccc(OC)c1O)NC(C)c1cccs1.I. The van der Waals surface area contributed by atoms with Crippen LogP contribution in [0, 0.1) is 0 Å². The first-order chi connectivity index (χ1) is 11.2. The van der Waals surface area contributed by atoms with Gasteiger partial charge >= 0.3 is 0 Å². The molecule has 3 N–H and O–H groups in total. The molecule has 0 aliphatic heterocycles. The molecular formula is C17H24IN3O2S. The summed E-state index contributed by atoms with van der Waals surface area (Å²) in [5.41, 5.74) is 0.727. The van der Waals surface area contributed by atoms with Gasteiger partial charge in [0, 0.05) is 17.0 Å². The summed E-state index contributed by atoms with van der Waals surface area (Å²) in [5.74, 6) is 1.32. The van der Waals surface area contributed by atoms with Crippen LogP contribution in [0.15, 0.2) is 40.7 Å². The number of halogens is 1. The van der Waals surface area contributed by atoms with Crippen molar-refractivity contribution in [2.75, 3.05) is 13.7 Å². The minimum atomic E-state index is 0. The number of thiophene rings is 1. The van der Waals surface area contributed by atoms with Crippen molar-refractivity contribution in [3.8, 4) is 11.5 Å². The monoisotopic (exact) mass is 461 g/mol. The Morgan fingerprint density at radius 3 is 2.75 bits per heavy atom. The fourth-order valence-corrected chi connectivity index (χ4v) is 2.89. The van der Waals surface area contributed by atoms with E-state index >= 15 is 0 Å². The lowest BCUT2D eigenvalue weighted by atomic mass is 10.2. The number of aromatic hydroxyl groups is 1. The maximum Gasteiger partial charge on any atom is 0.192 e. The second kappa shape index (κ2) is 10.4. The fraction of sp³-hybridized carbons (Fsp3) is 0.353. The Labute approximate surface area is 164 Å². The van der Waals surface area contributed by atoms with Gasteiger partial charge in [0.15, 0.2) is 17.5 Å². The van der Waals surface area contributed by atoms with Gasteiger partial charge < -0.3 is 20.5 Å². The molecule has 0 aliphatic rings. The number of phenolic OH excluding ortho intramolecular Hbond substituents is 1. The number of phenols is 1. The Balaban J connectivity index is 0.00000288. The molecule has 0 radical (unpaired) electrons. The Bertz CT molecular complexity index is 647. The van der Waals surface area contributed by atoms with E-state index in [1.807, 2.05) is 25.1 Å². The van der Waals surface area contributed by atoms with E-state index in [0.29, 0.717) is 12.3 Å². The Morgan fingerprint density at radius 2 is 2.12 bits per heavy atom. The summed E-state index contributed by atoms with van der Waals surface area (Å²) in [4.78, 5) is 5.80. The maximum absolute atomic E-state index is 10.1. The van der Waals surface area contributed by atoms with Gasteiger partial charge in [-0.2, -0.15) is 0 Å². The largest absolute Gasteiger partial charge is 0.504 e. The summed E-state index contributed by atoms with van der Waals surface area (Å²) in [6.07, 6.45) is 0. The third-order valence-electron chi connectivity index (χ3n) is 3.38. The van der Waals surface area contributed by atoms with Crippen molar-refractivity contribution < 1.29 is 9.84 Å². The van der Waals surface area contributed by atoms with Crippen LogP contribution in [-0.2, 0) is 6.54 Å². The molecule has 7 heteroatoms. The first kappa shape index (κ1) is 20.6. The molecule has 2 aromatic rings. The first-order valence-corrected chi connectivity index (χ1v) is 8.46. The van der Waals surface area contributed by atoms with Crippen molar-refractivity contribution in [1.82, 2.24) is 10.6 Å². The van der Waals surface area contributed by atoms with Crippen molar-refractivity contribution in [3.63, 3.8) is 0 Å². The highest BCUT2D eigenvalue weighted by molar-refractivity contribution is 14.0. The number of rotatable bonds is 6. The molecule has 1 unspecified atom stereocenters. The predicted molar refractivity (Wildman–Crippen MR) is 111 cm³/mol. The molecule has 0 aliphatic carbocycles. The lowest BCUT2D eigenvalue weighted by Gasteiger charge is -2.17. The standard InChI is InChI=1S/C17H23N3O2S.HI/c1-4-18-17(20-12(2)15-9-6-10-23-15)19-11-13-7-5-8-14(22-3)16(13)21;/h5-10,12,21H,4,11H2,1-3H3,(H2,18,19,20);1H. The molecule has 0 bridgehead atoms. The number of benzene rings is 1. The van der Waals surface area contributed by atoms with E-state index in [4.69, 9.17) is 4.74 Å².